The summed E-state index contributed by atoms with van der Waals surface area (Å²) in [5.41, 5.74) is 6.46. The zero-order valence-corrected chi connectivity index (χ0v) is 12.6. The van der Waals surface area contributed by atoms with E-state index in [4.69, 9.17) is 10.5 Å². The average molecular weight is 256 g/mol. The molecule has 1 aliphatic carbocycles. The topological polar surface area (TPSA) is 38.5 Å². The van der Waals surface area contributed by atoms with Crippen LogP contribution in [0.1, 0.15) is 46.0 Å². The van der Waals surface area contributed by atoms with Crippen molar-refractivity contribution in [2.45, 2.75) is 46.0 Å². The zero-order valence-electron chi connectivity index (χ0n) is 12.6. The Morgan fingerprint density at radius 3 is 2.39 bits per heavy atom. The molecule has 3 heteroatoms. The predicted molar refractivity (Wildman–Crippen MR) is 77.7 cm³/mol. The molecule has 1 rings (SSSR count). The third-order valence-electron chi connectivity index (χ3n) is 4.14. The molecule has 108 valence electrons. The molecule has 2 N–H and O–H groups in total. The lowest BCUT2D eigenvalue weighted by Crippen LogP contribution is -2.46. The van der Waals surface area contributed by atoms with Crippen LogP contribution in [-0.4, -0.2) is 44.8 Å². The van der Waals surface area contributed by atoms with E-state index in [1.807, 2.05) is 0 Å². The van der Waals surface area contributed by atoms with Crippen LogP contribution < -0.4 is 5.73 Å². The van der Waals surface area contributed by atoms with Gasteiger partial charge in [0.05, 0.1) is 6.61 Å². The number of nitrogens with zero attached hydrogens (tertiary/aromatic N) is 1. The number of nitrogens with two attached hydrogens (primary N) is 1. The van der Waals surface area contributed by atoms with E-state index in [-0.39, 0.29) is 0 Å². The molecule has 0 heterocycles. The van der Waals surface area contributed by atoms with Gasteiger partial charge in [-0.3, -0.25) is 0 Å². The van der Waals surface area contributed by atoms with Gasteiger partial charge in [-0.15, -0.1) is 0 Å². The second-order valence-corrected chi connectivity index (χ2v) is 6.39. The smallest absolute Gasteiger partial charge is 0.0589 e. The minimum atomic E-state index is 0.376. The molecule has 0 aliphatic heterocycles. The quantitative estimate of drug-likeness (QED) is 0.725. The second kappa shape index (κ2) is 8.13. The molecule has 1 aliphatic rings. The monoisotopic (exact) mass is 256 g/mol. The van der Waals surface area contributed by atoms with Gasteiger partial charge in [0.1, 0.15) is 0 Å². The summed E-state index contributed by atoms with van der Waals surface area (Å²) in [5, 5.41) is 0. The van der Waals surface area contributed by atoms with E-state index in [1.165, 1.54) is 32.1 Å². The molecule has 0 saturated heterocycles. The van der Waals surface area contributed by atoms with Crippen LogP contribution in [0.15, 0.2) is 0 Å². The van der Waals surface area contributed by atoms with Crippen molar-refractivity contribution in [3.8, 4) is 0 Å². The summed E-state index contributed by atoms with van der Waals surface area (Å²) in [6.45, 7) is 9.60. The van der Waals surface area contributed by atoms with E-state index in [0.29, 0.717) is 11.3 Å². The third-order valence-corrected chi connectivity index (χ3v) is 4.14. The fourth-order valence-corrected chi connectivity index (χ4v) is 3.17. The van der Waals surface area contributed by atoms with E-state index in [2.05, 4.69) is 18.7 Å². The fraction of sp³-hybridized carbons (Fsp3) is 1.00. The van der Waals surface area contributed by atoms with Crippen molar-refractivity contribution in [2.75, 3.05) is 39.9 Å². The van der Waals surface area contributed by atoms with Crippen molar-refractivity contribution >= 4 is 0 Å². The first-order chi connectivity index (χ1) is 8.62. The largest absolute Gasteiger partial charge is 0.383 e. The highest BCUT2D eigenvalue weighted by Crippen LogP contribution is 2.36. The van der Waals surface area contributed by atoms with E-state index < -0.39 is 0 Å². The van der Waals surface area contributed by atoms with Crippen LogP contribution in [-0.2, 0) is 4.74 Å². The Bertz CT molecular complexity index is 213. The molecule has 18 heavy (non-hydrogen) atoms. The third kappa shape index (κ3) is 5.25. The molecule has 0 amide bonds. The molecule has 3 nitrogen and oxygen atoms in total. The van der Waals surface area contributed by atoms with Gasteiger partial charge in [-0.2, -0.15) is 0 Å². The van der Waals surface area contributed by atoms with Crippen LogP contribution in [0, 0.1) is 11.3 Å². The summed E-state index contributed by atoms with van der Waals surface area (Å²) in [6.07, 6.45) is 6.73. The predicted octanol–water partition coefficient (Wildman–Crippen LogP) is 2.50. The molecule has 1 saturated carbocycles. The Labute approximate surface area is 113 Å². The lowest BCUT2D eigenvalue weighted by atomic mass is 9.73. The van der Waals surface area contributed by atoms with Crippen molar-refractivity contribution < 1.29 is 4.74 Å². The van der Waals surface area contributed by atoms with Crippen molar-refractivity contribution in [1.29, 1.82) is 0 Å². The Kier molecular flexibility index (Phi) is 7.20. The Hall–Kier alpha value is -0.120. The van der Waals surface area contributed by atoms with Gasteiger partial charge >= 0.3 is 0 Å². The van der Waals surface area contributed by atoms with Crippen molar-refractivity contribution in [3.05, 3.63) is 0 Å². The molecule has 0 bridgehead atoms. The minimum Gasteiger partial charge on any atom is -0.383 e. The van der Waals surface area contributed by atoms with E-state index in [1.54, 1.807) is 7.11 Å². The van der Waals surface area contributed by atoms with Gasteiger partial charge in [-0.05, 0) is 30.7 Å². The normalized spacial score (nSPS) is 19.7. The molecule has 0 aromatic heterocycles. The summed E-state index contributed by atoms with van der Waals surface area (Å²) >= 11 is 0. The second-order valence-electron chi connectivity index (χ2n) is 6.39. The first kappa shape index (κ1) is 15.9. The van der Waals surface area contributed by atoms with Gasteiger partial charge in [0.25, 0.3) is 0 Å². The van der Waals surface area contributed by atoms with E-state index in [9.17, 15) is 0 Å². The highest BCUT2D eigenvalue weighted by molar-refractivity contribution is 4.87. The van der Waals surface area contributed by atoms with Crippen LogP contribution >= 0.6 is 0 Å². The Morgan fingerprint density at radius 2 is 1.89 bits per heavy atom. The summed E-state index contributed by atoms with van der Waals surface area (Å²) < 4.78 is 5.24. The average Bonchev–Trinajstić information content (AvgIpc) is 2.36. The number of methoxy groups -OCH3 is 1. The maximum atomic E-state index is 6.09. The van der Waals surface area contributed by atoms with E-state index in [0.717, 1.165) is 32.8 Å². The maximum absolute atomic E-state index is 6.09. The molecule has 0 unspecified atom stereocenters. The van der Waals surface area contributed by atoms with Gasteiger partial charge in [0, 0.05) is 26.7 Å². The molecule has 1 fully saturated rings. The van der Waals surface area contributed by atoms with Crippen molar-refractivity contribution in [2.24, 2.45) is 17.1 Å². The van der Waals surface area contributed by atoms with Gasteiger partial charge in [-0.1, -0.05) is 33.1 Å². The molecule has 0 radical (unpaired) electrons. The lowest BCUT2D eigenvalue weighted by molar-refractivity contribution is 0.0776. The number of ether oxygens (including phenoxy) is 1. The molecule has 0 spiro atoms. The molecule has 0 aromatic carbocycles. The maximum Gasteiger partial charge on any atom is 0.0589 e. The van der Waals surface area contributed by atoms with Gasteiger partial charge < -0.3 is 15.4 Å². The standard InChI is InChI=1S/C15H32N2O/c1-14(2)11-17(9-10-18-3)13-15(12-16)7-5-4-6-8-15/h14H,4-13,16H2,1-3H3. The molecule has 0 aromatic rings. The van der Waals surface area contributed by atoms with Gasteiger partial charge in [0.2, 0.25) is 0 Å². The van der Waals surface area contributed by atoms with Crippen LogP contribution in [0.2, 0.25) is 0 Å². The van der Waals surface area contributed by atoms with Crippen LogP contribution in [0.25, 0.3) is 0 Å². The molecule has 0 atom stereocenters. The van der Waals surface area contributed by atoms with Crippen molar-refractivity contribution in [3.63, 3.8) is 0 Å². The molecular weight excluding hydrogens is 224 g/mol. The lowest BCUT2D eigenvalue weighted by Gasteiger charge is -2.41. The molecular formula is C15H32N2O. The summed E-state index contributed by atoms with van der Waals surface area (Å²) in [5.74, 6) is 0.709. The number of hydrogen-bond acceptors (Lipinski definition) is 3. The summed E-state index contributed by atoms with van der Waals surface area (Å²) in [6, 6.07) is 0. The summed E-state index contributed by atoms with van der Waals surface area (Å²) in [4.78, 5) is 2.56. The van der Waals surface area contributed by atoms with Gasteiger partial charge in [0.15, 0.2) is 0 Å². The van der Waals surface area contributed by atoms with Crippen LogP contribution in [0.5, 0.6) is 0 Å². The minimum absolute atomic E-state index is 0.376. The van der Waals surface area contributed by atoms with Crippen molar-refractivity contribution in [1.82, 2.24) is 4.90 Å². The first-order valence-corrected chi connectivity index (χ1v) is 7.53. The Balaban J connectivity index is 2.54. The Morgan fingerprint density at radius 1 is 1.22 bits per heavy atom. The zero-order chi connectivity index (χ0) is 13.4. The number of hydrogen-bond donors (Lipinski definition) is 1. The first-order valence-electron chi connectivity index (χ1n) is 7.53. The van der Waals surface area contributed by atoms with Gasteiger partial charge in [-0.25, -0.2) is 0 Å². The highest BCUT2D eigenvalue weighted by Gasteiger charge is 2.32. The van der Waals surface area contributed by atoms with Crippen LogP contribution in [0.3, 0.4) is 0 Å². The highest BCUT2D eigenvalue weighted by atomic mass is 16.5. The SMILES string of the molecule is COCCN(CC(C)C)CC1(CN)CCCCC1. The number of rotatable bonds is 8. The van der Waals surface area contributed by atoms with E-state index >= 15 is 0 Å². The fourth-order valence-electron chi connectivity index (χ4n) is 3.17. The summed E-state index contributed by atoms with van der Waals surface area (Å²) in [7, 11) is 1.78. The van der Waals surface area contributed by atoms with Crippen LogP contribution in [0.4, 0.5) is 0 Å².